The fraction of sp³-hybridized carbons (Fsp3) is 0.438. The summed E-state index contributed by atoms with van der Waals surface area (Å²) in [5, 5.41) is 10.4. The predicted octanol–water partition coefficient (Wildman–Crippen LogP) is -0.734. The van der Waals surface area contributed by atoms with Gasteiger partial charge in [-0.3, -0.25) is 9.59 Å². The summed E-state index contributed by atoms with van der Waals surface area (Å²) in [4.78, 5) is 37.5. The maximum atomic E-state index is 12.1. The molecule has 0 spiro atoms. The van der Waals surface area contributed by atoms with Crippen LogP contribution in [0.25, 0.3) is 0 Å². The van der Waals surface area contributed by atoms with Crippen LogP contribution in [0.3, 0.4) is 0 Å². The van der Waals surface area contributed by atoms with Gasteiger partial charge in [-0.15, -0.1) is 0 Å². The van der Waals surface area contributed by atoms with Crippen molar-refractivity contribution in [1.29, 1.82) is 0 Å². The SMILES string of the molecule is O=C([O-])CCC(=O)N1CCN(C(=O)COc2ccccc2)CC1. The second-order valence-electron chi connectivity index (χ2n) is 5.24. The zero-order valence-electron chi connectivity index (χ0n) is 12.8. The number of hydrogen-bond acceptors (Lipinski definition) is 5. The Morgan fingerprint density at radius 2 is 1.48 bits per heavy atom. The van der Waals surface area contributed by atoms with Gasteiger partial charge in [0.1, 0.15) is 5.75 Å². The van der Waals surface area contributed by atoms with Crippen LogP contribution < -0.4 is 9.84 Å². The van der Waals surface area contributed by atoms with Crippen LogP contribution in [0, 0.1) is 0 Å². The number of carbonyl (C=O) groups excluding carboxylic acids is 3. The minimum atomic E-state index is -1.23. The summed E-state index contributed by atoms with van der Waals surface area (Å²) in [7, 11) is 0. The van der Waals surface area contributed by atoms with Crippen molar-refractivity contribution in [1.82, 2.24) is 9.80 Å². The van der Waals surface area contributed by atoms with Crippen LogP contribution in [0.5, 0.6) is 5.75 Å². The fourth-order valence-corrected chi connectivity index (χ4v) is 2.33. The monoisotopic (exact) mass is 319 g/mol. The second-order valence-corrected chi connectivity index (χ2v) is 5.24. The highest BCUT2D eigenvalue weighted by Gasteiger charge is 2.24. The van der Waals surface area contributed by atoms with Crippen molar-refractivity contribution < 1.29 is 24.2 Å². The van der Waals surface area contributed by atoms with Gasteiger partial charge in [-0.05, 0) is 18.6 Å². The molecule has 0 unspecified atom stereocenters. The highest BCUT2D eigenvalue weighted by atomic mass is 16.5. The number of carboxylic acids is 1. The molecule has 2 rings (SSSR count). The molecule has 0 bridgehead atoms. The normalized spacial score (nSPS) is 14.4. The predicted molar refractivity (Wildman–Crippen MR) is 79.3 cm³/mol. The molecule has 0 N–H and O–H groups in total. The van der Waals surface area contributed by atoms with Gasteiger partial charge < -0.3 is 24.4 Å². The van der Waals surface area contributed by atoms with E-state index in [1.54, 1.807) is 21.9 Å². The van der Waals surface area contributed by atoms with Crippen LogP contribution in [0.1, 0.15) is 12.8 Å². The van der Waals surface area contributed by atoms with Crippen molar-refractivity contribution in [2.75, 3.05) is 32.8 Å². The van der Waals surface area contributed by atoms with Gasteiger partial charge in [-0.2, -0.15) is 0 Å². The van der Waals surface area contributed by atoms with Gasteiger partial charge in [0.15, 0.2) is 6.61 Å². The molecule has 0 atom stereocenters. The molecule has 124 valence electrons. The van der Waals surface area contributed by atoms with Crippen LogP contribution in [-0.4, -0.2) is 60.4 Å². The van der Waals surface area contributed by atoms with Gasteiger partial charge in [0, 0.05) is 38.6 Å². The van der Waals surface area contributed by atoms with Crippen molar-refractivity contribution >= 4 is 17.8 Å². The van der Waals surface area contributed by atoms with E-state index in [0.717, 1.165) is 0 Å². The fourth-order valence-electron chi connectivity index (χ4n) is 2.33. The molecule has 1 saturated heterocycles. The van der Waals surface area contributed by atoms with Crippen LogP contribution in [-0.2, 0) is 14.4 Å². The number of carbonyl (C=O) groups is 3. The minimum Gasteiger partial charge on any atom is -0.550 e. The summed E-state index contributed by atoms with van der Waals surface area (Å²) < 4.78 is 5.42. The molecule has 1 fully saturated rings. The maximum absolute atomic E-state index is 12.1. The number of ether oxygens (including phenoxy) is 1. The van der Waals surface area contributed by atoms with Crippen molar-refractivity contribution in [3.8, 4) is 5.75 Å². The summed E-state index contributed by atoms with van der Waals surface area (Å²) in [6.07, 6.45) is -0.337. The number of piperazine rings is 1. The summed E-state index contributed by atoms with van der Waals surface area (Å²) in [6, 6.07) is 9.08. The highest BCUT2D eigenvalue weighted by molar-refractivity contribution is 5.81. The van der Waals surface area contributed by atoms with E-state index in [-0.39, 0.29) is 31.3 Å². The average molecular weight is 319 g/mol. The van der Waals surface area contributed by atoms with Crippen molar-refractivity contribution in [3.63, 3.8) is 0 Å². The third-order valence-corrected chi connectivity index (χ3v) is 3.63. The first-order chi connectivity index (χ1) is 11.1. The van der Waals surface area contributed by atoms with E-state index in [1.807, 2.05) is 18.2 Å². The molecule has 7 heteroatoms. The molecule has 1 aromatic carbocycles. The van der Waals surface area contributed by atoms with Crippen LogP contribution in [0.4, 0.5) is 0 Å². The molecule has 0 aliphatic carbocycles. The quantitative estimate of drug-likeness (QED) is 0.689. The smallest absolute Gasteiger partial charge is 0.260 e. The third kappa shape index (κ3) is 5.28. The molecule has 0 radical (unpaired) electrons. The number of amides is 2. The molecule has 23 heavy (non-hydrogen) atoms. The third-order valence-electron chi connectivity index (χ3n) is 3.63. The largest absolute Gasteiger partial charge is 0.550 e. The van der Waals surface area contributed by atoms with E-state index < -0.39 is 5.97 Å². The molecule has 1 aromatic rings. The van der Waals surface area contributed by atoms with Gasteiger partial charge >= 0.3 is 0 Å². The zero-order valence-corrected chi connectivity index (χ0v) is 12.8. The molecule has 1 heterocycles. The summed E-state index contributed by atoms with van der Waals surface area (Å²) in [6.45, 7) is 1.62. The van der Waals surface area contributed by atoms with E-state index >= 15 is 0 Å². The molecule has 7 nitrogen and oxygen atoms in total. The molecule has 2 amide bonds. The average Bonchev–Trinajstić information content (AvgIpc) is 2.58. The van der Waals surface area contributed by atoms with Gasteiger partial charge in [0.05, 0.1) is 0 Å². The van der Waals surface area contributed by atoms with Crippen LogP contribution in [0.15, 0.2) is 30.3 Å². The van der Waals surface area contributed by atoms with Gasteiger partial charge in [0.2, 0.25) is 5.91 Å². The van der Waals surface area contributed by atoms with E-state index in [0.29, 0.717) is 31.9 Å². The highest BCUT2D eigenvalue weighted by Crippen LogP contribution is 2.10. The number of rotatable bonds is 6. The van der Waals surface area contributed by atoms with Crippen molar-refractivity contribution in [2.45, 2.75) is 12.8 Å². The lowest BCUT2D eigenvalue weighted by molar-refractivity contribution is -0.305. The number of benzene rings is 1. The number of hydrogen-bond donors (Lipinski definition) is 0. The first-order valence-electron chi connectivity index (χ1n) is 7.49. The van der Waals surface area contributed by atoms with E-state index in [1.165, 1.54) is 0 Å². The Bertz CT molecular complexity index is 553. The molecular formula is C16H19N2O5-. The first kappa shape index (κ1) is 16.8. The number of aliphatic carboxylic acids is 1. The Labute approximate surface area is 134 Å². The van der Waals surface area contributed by atoms with Crippen molar-refractivity contribution in [3.05, 3.63) is 30.3 Å². The maximum Gasteiger partial charge on any atom is 0.260 e. The Kier molecular flexibility index (Phi) is 5.96. The van der Waals surface area contributed by atoms with Gasteiger partial charge in [-0.1, -0.05) is 18.2 Å². The lowest BCUT2D eigenvalue weighted by atomic mass is 10.2. The Morgan fingerprint density at radius 3 is 2.04 bits per heavy atom. The summed E-state index contributed by atoms with van der Waals surface area (Å²) in [5.41, 5.74) is 0. The molecular weight excluding hydrogens is 300 g/mol. The Morgan fingerprint density at radius 1 is 0.913 bits per heavy atom. The van der Waals surface area contributed by atoms with Crippen LogP contribution in [0.2, 0.25) is 0 Å². The van der Waals surface area contributed by atoms with E-state index in [9.17, 15) is 19.5 Å². The number of nitrogens with zero attached hydrogens (tertiary/aromatic N) is 2. The van der Waals surface area contributed by atoms with Gasteiger partial charge in [-0.25, -0.2) is 0 Å². The van der Waals surface area contributed by atoms with Crippen molar-refractivity contribution in [2.24, 2.45) is 0 Å². The molecule has 0 saturated carbocycles. The topological polar surface area (TPSA) is 90.0 Å². The number of carboxylic acid groups (broad SMARTS) is 1. The second kappa shape index (κ2) is 8.17. The molecule has 1 aliphatic rings. The number of para-hydroxylation sites is 1. The standard InChI is InChI=1S/C16H20N2O5/c19-14(6-7-16(21)22)17-8-10-18(11-9-17)15(20)12-23-13-4-2-1-3-5-13/h1-5H,6-12H2,(H,21,22)/p-1. The minimum absolute atomic E-state index is 0.0390. The van der Waals surface area contributed by atoms with E-state index in [4.69, 9.17) is 4.74 Å². The van der Waals surface area contributed by atoms with Gasteiger partial charge in [0.25, 0.3) is 5.91 Å². The molecule has 1 aliphatic heterocycles. The first-order valence-corrected chi connectivity index (χ1v) is 7.49. The Hall–Kier alpha value is -2.57. The van der Waals surface area contributed by atoms with E-state index in [2.05, 4.69) is 0 Å². The summed E-state index contributed by atoms with van der Waals surface area (Å²) in [5.74, 6) is -0.945. The lowest BCUT2D eigenvalue weighted by Gasteiger charge is -2.34. The van der Waals surface area contributed by atoms with Crippen LogP contribution >= 0.6 is 0 Å². The summed E-state index contributed by atoms with van der Waals surface area (Å²) >= 11 is 0. The lowest BCUT2D eigenvalue weighted by Crippen LogP contribution is -2.51. The zero-order chi connectivity index (χ0) is 16.7. The molecule has 0 aromatic heterocycles. The Balaban J connectivity index is 1.72.